The van der Waals surface area contributed by atoms with Gasteiger partial charge in [-0.25, -0.2) is 14.8 Å². The van der Waals surface area contributed by atoms with Crippen LogP contribution in [0.1, 0.15) is 5.69 Å². The smallest absolute Gasteiger partial charge is 0.352 e. The van der Waals surface area contributed by atoms with Crippen molar-refractivity contribution in [1.82, 2.24) is 25.2 Å². The van der Waals surface area contributed by atoms with Gasteiger partial charge in [0, 0.05) is 23.5 Å². The molecule has 0 bridgehead atoms. The highest BCUT2D eigenvalue weighted by atomic mass is 32.2. The quantitative estimate of drug-likeness (QED) is 0.179. The fraction of sp³-hybridized carbons (Fsp3) is 0.176. The minimum absolute atomic E-state index is 0.0764. The van der Waals surface area contributed by atoms with E-state index in [1.807, 2.05) is 0 Å². The Morgan fingerprint density at radius 2 is 2.26 bits per heavy atom. The number of oxime groups is 1. The predicted molar refractivity (Wildman–Crippen MR) is 113 cm³/mol. The minimum Gasteiger partial charge on any atom is -0.477 e. The van der Waals surface area contributed by atoms with Crippen molar-refractivity contribution in [2.24, 2.45) is 5.16 Å². The molecule has 2 aliphatic heterocycles. The topological polar surface area (TPSA) is 187 Å². The number of aromatic nitrogens is 3. The van der Waals surface area contributed by atoms with E-state index in [2.05, 4.69) is 32.0 Å². The lowest BCUT2D eigenvalue weighted by Gasteiger charge is -2.49. The Morgan fingerprint density at radius 3 is 2.74 bits per heavy atom. The van der Waals surface area contributed by atoms with E-state index >= 15 is 0 Å². The van der Waals surface area contributed by atoms with Crippen LogP contribution in [0, 0.1) is 0 Å². The van der Waals surface area contributed by atoms with Gasteiger partial charge in [-0.1, -0.05) is 17.8 Å². The maximum absolute atomic E-state index is 12.4. The zero-order valence-electron chi connectivity index (χ0n) is 15.8. The Labute approximate surface area is 183 Å². The van der Waals surface area contributed by atoms with E-state index in [0.29, 0.717) is 11.3 Å². The number of hydrogen-bond acceptors (Lipinski definition) is 10. The number of aromatic amines is 1. The van der Waals surface area contributed by atoms with Crippen molar-refractivity contribution in [1.29, 1.82) is 0 Å². The largest absolute Gasteiger partial charge is 0.477 e. The molecule has 0 saturated carbocycles. The van der Waals surface area contributed by atoms with Gasteiger partial charge in [0.05, 0.1) is 6.33 Å². The molecule has 4 rings (SSSR count). The third kappa shape index (κ3) is 4.44. The number of nitrogens with one attached hydrogen (secondary N) is 2. The molecular formula is C17H17N7O5S2. The number of thioether (sulfide) groups is 1. The first-order chi connectivity index (χ1) is 14.9. The Morgan fingerprint density at radius 1 is 1.48 bits per heavy atom. The van der Waals surface area contributed by atoms with E-state index in [-0.39, 0.29) is 22.2 Å². The molecule has 12 nitrogen and oxygen atoms in total. The lowest BCUT2D eigenvalue weighted by molar-refractivity contribution is -0.150. The molecule has 31 heavy (non-hydrogen) atoms. The van der Waals surface area contributed by atoms with Gasteiger partial charge in [-0.05, 0) is 5.57 Å². The van der Waals surface area contributed by atoms with Crippen LogP contribution in [0.15, 0.2) is 53.2 Å². The van der Waals surface area contributed by atoms with E-state index in [1.165, 1.54) is 23.2 Å². The van der Waals surface area contributed by atoms with Crippen LogP contribution in [-0.2, 0) is 14.4 Å². The summed E-state index contributed by atoms with van der Waals surface area (Å²) in [6.07, 6.45) is 6.48. The van der Waals surface area contributed by atoms with Gasteiger partial charge in [0.25, 0.3) is 11.8 Å². The number of β-lactam (4-membered cyclic amide) rings is 1. The summed E-state index contributed by atoms with van der Waals surface area (Å²) in [6, 6.07) is -0.944. The van der Waals surface area contributed by atoms with Crippen LogP contribution in [-0.4, -0.2) is 70.8 Å². The third-order valence-electron chi connectivity index (χ3n) is 4.22. The number of thiazole rings is 1. The van der Waals surface area contributed by atoms with Crippen molar-refractivity contribution >= 4 is 51.7 Å². The number of hydrogen-bond donors (Lipinski definition) is 5. The van der Waals surface area contributed by atoms with Crippen molar-refractivity contribution in [3.05, 3.63) is 53.7 Å². The van der Waals surface area contributed by atoms with Crippen LogP contribution >= 0.6 is 23.1 Å². The Hall–Kier alpha value is -3.65. The standard InChI is InChI=1S/C14H13N5O5S2.C3H4N2/c1-2-5-3-25-12-8(11(21)19(12)9(5)13(22)23)17-10(20)7(18-24)6-4-26-14(15)16-6;1-2-5-3-4-1/h2,4,8,12,24H,1,3H2,(H2,15,16)(H,17,20)(H,22,23);1-3H,(H,4,5)/b18-7-;. The van der Waals surface area contributed by atoms with Gasteiger partial charge in [-0.2, -0.15) is 0 Å². The number of nitrogens with zero attached hydrogens (tertiary/aromatic N) is 4. The number of carbonyl (C=O) groups excluding carboxylic acids is 2. The molecule has 1 saturated heterocycles. The van der Waals surface area contributed by atoms with Crippen LogP contribution < -0.4 is 11.1 Å². The average Bonchev–Trinajstić information content (AvgIpc) is 3.46. The molecule has 2 unspecified atom stereocenters. The highest BCUT2D eigenvalue weighted by Gasteiger charge is 2.54. The monoisotopic (exact) mass is 463 g/mol. The fourth-order valence-corrected chi connectivity index (χ4v) is 4.72. The Balaban J connectivity index is 0.000000478. The highest BCUT2D eigenvalue weighted by Crippen LogP contribution is 2.40. The first kappa shape index (κ1) is 22.0. The number of carboxylic acid groups (broad SMARTS) is 1. The fourth-order valence-electron chi connectivity index (χ4n) is 2.83. The number of carbonyl (C=O) groups is 3. The Kier molecular flexibility index (Phi) is 6.71. The molecule has 0 radical (unpaired) electrons. The zero-order valence-corrected chi connectivity index (χ0v) is 17.4. The number of H-pyrrole nitrogens is 1. The number of carboxylic acids is 1. The normalized spacial score (nSPS) is 20.2. The SMILES string of the molecule is C=CC1=C(C(=O)O)N2C(=O)C(NC(=O)/C(=N\O)c3csc(N)n3)C2SC1.c1c[nH]cn1. The molecule has 0 spiro atoms. The molecule has 14 heteroatoms. The van der Waals surface area contributed by atoms with Crippen molar-refractivity contribution in [2.75, 3.05) is 11.5 Å². The molecule has 2 aliphatic rings. The number of fused-ring (bicyclic) bond motifs is 1. The van der Waals surface area contributed by atoms with Gasteiger partial charge >= 0.3 is 5.97 Å². The van der Waals surface area contributed by atoms with Gasteiger partial charge < -0.3 is 26.3 Å². The van der Waals surface area contributed by atoms with Gasteiger partial charge in [-0.15, -0.1) is 23.1 Å². The van der Waals surface area contributed by atoms with E-state index in [4.69, 9.17) is 10.9 Å². The molecule has 0 aromatic carbocycles. The zero-order chi connectivity index (χ0) is 22.5. The lowest BCUT2D eigenvalue weighted by atomic mass is 10.0. The maximum atomic E-state index is 12.4. The lowest BCUT2D eigenvalue weighted by Crippen LogP contribution is -2.71. The van der Waals surface area contributed by atoms with E-state index in [1.54, 1.807) is 18.7 Å². The van der Waals surface area contributed by atoms with Crippen molar-refractivity contribution in [3.8, 4) is 0 Å². The van der Waals surface area contributed by atoms with Gasteiger partial charge in [0.15, 0.2) is 10.8 Å². The maximum Gasteiger partial charge on any atom is 0.352 e. The average molecular weight is 464 g/mol. The van der Waals surface area contributed by atoms with E-state index in [0.717, 1.165) is 16.2 Å². The second-order valence-corrected chi connectivity index (χ2v) is 8.02. The number of amides is 2. The van der Waals surface area contributed by atoms with Crippen molar-refractivity contribution < 1.29 is 24.7 Å². The summed E-state index contributed by atoms with van der Waals surface area (Å²) < 4.78 is 0. The van der Waals surface area contributed by atoms with Crippen molar-refractivity contribution in [2.45, 2.75) is 11.4 Å². The summed E-state index contributed by atoms with van der Waals surface area (Å²) in [4.78, 5) is 47.6. The molecular weight excluding hydrogens is 446 g/mol. The van der Waals surface area contributed by atoms with Crippen LogP contribution in [0.5, 0.6) is 0 Å². The van der Waals surface area contributed by atoms with Crippen LogP contribution in [0.25, 0.3) is 0 Å². The highest BCUT2D eigenvalue weighted by molar-refractivity contribution is 8.00. The minimum atomic E-state index is -1.24. The number of imidazole rings is 1. The van der Waals surface area contributed by atoms with E-state index < -0.39 is 29.2 Å². The molecule has 6 N–H and O–H groups in total. The molecule has 1 fully saturated rings. The summed E-state index contributed by atoms with van der Waals surface area (Å²) in [6.45, 7) is 3.56. The third-order valence-corrected chi connectivity index (χ3v) is 6.19. The summed E-state index contributed by atoms with van der Waals surface area (Å²) in [5.41, 5.74) is 5.49. The molecule has 2 aromatic heterocycles. The summed E-state index contributed by atoms with van der Waals surface area (Å²) in [5.74, 6) is -2.27. The molecule has 2 aromatic rings. The van der Waals surface area contributed by atoms with E-state index in [9.17, 15) is 19.5 Å². The molecule has 2 atom stereocenters. The number of anilines is 1. The molecule has 2 amide bonds. The molecule has 0 aliphatic carbocycles. The number of allylic oxidation sites excluding steroid dienone is 1. The van der Waals surface area contributed by atoms with Crippen LogP contribution in [0.3, 0.4) is 0 Å². The number of aliphatic carboxylic acids is 1. The van der Waals surface area contributed by atoms with Gasteiger partial charge in [0.2, 0.25) is 0 Å². The molecule has 162 valence electrons. The molecule has 4 heterocycles. The second-order valence-electron chi connectivity index (χ2n) is 6.02. The Bertz CT molecular complexity index is 1050. The number of nitrogen functional groups attached to an aromatic ring is 1. The second kappa shape index (κ2) is 9.44. The first-order valence-electron chi connectivity index (χ1n) is 8.59. The first-order valence-corrected chi connectivity index (χ1v) is 10.5. The number of rotatable bonds is 5. The van der Waals surface area contributed by atoms with Gasteiger partial charge in [0.1, 0.15) is 22.8 Å². The van der Waals surface area contributed by atoms with Gasteiger partial charge in [-0.3, -0.25) is 14.5 Å². The summed E-state index contributed by atoms with van der Waals surface area (Å²) in [5, 5.41) is 24.9. The van der Waals surface area contributed by atoms with Crippen LogP contribution in [0.4, 0.5) is 5.13 Å². The summed E-state index contributed by atoms with van der Waals surface area (Å²) >= 11 is 2.37. The van der Waals surface area contributed by atoms with Crippen molar-refractivity contribution in [3.63, 3.8) is 0 Å². The predicted octanol–water partition coefficient (Wildman–Crippen LogP) is 0.238. The number of nitrogens with two attached hydrogens (primary N) is 1. The summed E-state index contributed by atoms with van der Waals surface area (Å²) in [7, 11) is 0. The van der Waals surface area contributed by atoms with Crippen LogP contribution in [0.2, 0.25) is 0 Å².